The van der Waals surface area contributed by atoms with Gasteiger partial charge in [-0.1, -0.05) is 25.9 Å². The number of rotatable bonds is 2. The second-order valence-electron chi connectivity index (χ2n) is 6.58. The lowest BCUT2D eigenvalue weighted by Gasteiger charge is -2.36. The van der Waals surface area contributed by atoms with Crippen LogP contribution >= 0.6 is 0 Å². The van der Waals surface area contributed by atoms with Gasteiger partial charge in [0.15, 0.2) is 5.82 Å². The fourth-order valence-electron chi connectivity index (χ4n) is 2.80. The van der Waals surface area contributed by atoms with Crippen molar-refractivity contribution in [1.29, 1.82) is 0 Å². The largest absolute Gasteiger partial charge is 0.384 e. The first-order valence-electron chi connectivity index (χ1n) is 6.89. The molecule has 0 amide bonds. The Balaban J connectivity index is 1.97. The lowest BCUT2D eigenvalue weighted by atomic mass is 9.70. The summed E-state index contributed by atoms with van der Waals surface area (Å²) in [6.45, 7) is 8.60. The zero-order valence-corrected chi connectivity index (χ0v) is 11.8. The molecule has 1 aromatic heterocycles. The van der Waals surface area contributed by atoms with E-state index >= 15 is 0 Å². The Morgan fingerprint density at radius 2 is 1.83 bits per heavy atom. The highest BCUT2D eigenvalue weighted by molar-refractivity contribution is 4.99. The van der Waals surface area contributed by atoms with Gasteiger partial charge in [0.05, 0.1) is 0 Å². The molecule has 1 aliphatic rings. The third-order valence-corrected chi connectivity index (χ3v) is 4.13. The molecule has 0 aliphatic heterocycles. The Hall–Kier alpha value is -0.900. The van der Waals surface area contributed by atoms with Crippen LogP contribution in [-0.2, 0) is 0 Å². The fourth-order valence-corrected chi connectivity index (χ4v) is 2.80. The van der Waals surface area contributed by atoms with Crippen molar-refractivity contribution in [1.82, 2.24) is 10.1 Å². The Morgan fingerprint density at radius 1 is 1.22 bits per heavy atom. The normalized spacial score (nSPS) is 27.2. The van der Waals surface area contributed by atoms with E-state index in [1.165, 1.54) is 12.8 Å². The Morgan fingerprint density at radius 3 is 2.28 bits per heavy atom. The van der Waals surface area contributed by atoms with Crippen molar-refractivity contribution >= 4 is 0 Å². The van der Waals surface area contributed by atoms with Gasteiger partial charge in [-0.15, -0.1) is 0 Å². The number of aromatic nitrogens is 2. The number of aliphatic hydroxyl groups is 1. The van der Waals surface area contributed by atoms with Crippen molar-refractivity contribution in [2.24, 2.45) is 11.3 Å². The maximum Gasteiger partial charge on any atom is 0.255 e. The van der Waals surface area contributed by atoms with E-state index in [1.54, 1.807) is 6.92 Å². The fraction of sp³-hybridized carbons (Fsp3) is 0.857. The van der Waals surface area contributed by atoms with Gasteiger partial charge in [0.2, 0.25) is 0 Å². The summed E-state index contributed by atoms with van der Waals surface area (Å²) in [6, 6.07) is 0. The van der Waals surface area contributed by atoms with Gasteiger partial charge in [-0.25, -0.2) is 0 Å². The van der Waals surface area contributed by atoms with Crippen molar-refractivity contribution in [2.75, 3.05) is 0 Å². The lowest BCUT2D eigenvalue weighted by Crippen LogP contribution is -2.25. The van der Waals surface area contributed by atoms with E-state index in [0.29, 0.717) is 17.2 Å². The molecule has 1 fully saturated rings. The summed E-state index contributed by atoms with van der Waals surface area (Å²) in [6.07, 6.45) is 4.04. The zero-order chi connectivity index (χ0) is 13.3. The van der Waals surface area contributed by atoms with Crippen molar-refractivity contribution in [3.8, 4) is 0 Å². The predicted molar refractivity (Wildman–Crippen MR) is 69.1 cm³/mol. The van der Waals surface area contributed by atoms with Crippen molar-refractivity contribution < 1.29 is 9.63 Å². The lowest BCUT2D eigenvalue weighted by molar-refractivity contribution is 0.151. The molecule has 1 N–H and O–H groups in total. The van der Waals surface area contributed by atoms with Gasteiger partial charge in [0, 0.05) is 5.92 Å². The van der Waals surface area contributed by atoms with E-state index in [2.05, 4.69) is 30.9 Å². The SMILES string of the molecule is C[C@H](O)c1nc(C2CCC(C(C)(C)C)CC2)no1. The van der Waals surface area contributed by atoms with Crippen LogP contribution in [0.3, 0.4) is 0 Å². The number of hydrogen-bond acceptors (Lipinski definition) is 4. The van der Waals surface area contributed by atoms with E-state index in [4.69, 9.17) is 4.52 Å². The standard InChI is InChI=1S/C14H24N2O2/c1-9(17)13-15-12(16-18-13)10-5-7-11(8-6-10)14(2,3)4/h9-11,17H,5-8H2,1-4H3/t9-,10?,11?/m0/s1. The number of aliphatic hydroxyl groups excluding tert-OH is 1. The van der Waals surface area contributed by atoms with E-state index < -0.39 is 6.10 Å². The van der Waals surface area contributed by atoms with Crippen LogP contribution in [0.4, 0.5) is 0 Å². The minimum atomic E-state index is -0.669. The number of hydrogen-bond donors (Lipinski definition) is 1. The summed E-state index contributed by atoms with van der Waals surface area (Å²) in [5.74, 6) is 2.30. The molecule has 0 aromatic carbocycles. The first kappa shape index (κ1) is 13.5. The molecule has 0 saturated heterocycles. The molecule has 1 aliphatic carbocycles. The second kappa shape index (κ2) is 5.00. The van der Waals surface area contributed by atoms with Crippen molar-refractivity contribution in [3.05, 3.63) is 11.7 Å². The topological polar surface area (TPSA) is 59.2 Å². The molecule has 0 bridgehead atoms. The van der Waals surface area contributed by atoms with Crippen LogP contribution in [-0.4, -0.2) is 15.2 Å². The highest BCUT2D eigenvalue weighted by atomic mass is 16.5. The van der Waals surface area contributed by atoms with Crippen molar-refractivity contribution in [3.63, 3.8) is 0 Å². The molecule has 2 rings (SSSR count). The molecule has 0 unspecified atom stereocenters. The summed E-state index contributed by atoms with van der Waals surface area (Å²) < 4.78 is 5.06. The average Bonchev–Trinajstić information content (AvgIpc) is 2.77. The Bertz CT molecular complexity index is 385. The van der Waals surface area contributed by atoms with Gasteiger partial charge in [-0.3, -0.25) is 0 Å². The Labute approximate surface area is 109 Å². The van der Waals surface area contributed by atoms with Crippen LogP contribution in [0.1, 0.15) is 77.1 Å². The first-order valence-corrected chi connectivity index (χ1v) is 6.89. The van der Waals surface area contributed by atoms with Crippen LogP contribution < -0.4 is 0 Å². The summed E-state index contributed by atoms with van der Waals surface area (Å²) in [5, 5.41) is 13.4. The predicted octanol–water partition coefficient (Wildman–Crippen LogP) is 3.44. The molecule has 0 spiro atoms. The highest BCUT2D eigenvalue weighted by Gasteiger charge is 2.32. The minimum Gasteiger partial charge on any atom is -0.384 e. The monoisotopic (exact) mass is 252 g/mol. The summed E-state index contributed by atoms with van der Waals surface area (Å²) in [7, 11) is 0. The molecule has 1 heterocycles. The molecular formula is C14H24N2O2. The maximum absolute atomic E-state index is 9.39. The molecule has 102 valence electrons. The molecule has 1 atom stereocenters. The van der Waals surface area contributed by atoms with Gasteiger partial charge < -0.3 is 9.63 Å². The van der Waals surface area contributed by atoms with E-state index in [9.17, 15) is 5.11 Å². The highest BCUT2D eigenvalue weighted by Crippen LogP contribution is 2.42. The molecule has 4 nitrogen and oxygen atoms in total. The molecule has 1 aromatic rings. The van der Waals surface area contributed by atoms with E-state index in [1.807, 2.05) is 0 Å². The summed E-state index contributed by atoms with van der Waals surface area (Å²) in [5.41, 5.74) is 0.396. The second-order valence-corrected chi connectivity index (χ2v) is 6.58. The van der Waals surface area contributed by atoms with Crippen LogP contribution in [0.25, 0.3) is 0 Å². The molecule has 1 saturated carbocycles. The smallest absolute Gasteiger partial charge is 0.255 e. The minimum absolute atomic E-state index is 0.336. The maximum atomic E-state index is 9.39. The van der Waals surface area contributed by atoms with Gasteiger partial charge in [-0.2, -0.15) is 4.98 Å². The van der Waals surface area contributed by atoms with Gasteiger partial charge in [-0.05, 0) is 43.9 Å². The molecule has 4 heteroatoms. The summed E-state index contributed by atoms with van der Waals surface area (Å²) >= 11 is 0. The van der Waals surface area contributed by atoms with Crippen LogP contribution in [0, 0.1) is 11.3 Å². The molecule has 18 heavy (non-hydrogen) atoms. The van der Waals surface area contributed by atoms with Gasteiger partial charge in [0.25, 0.3) is 5.89 Å². The van der Waals surface area contributed by atoms with Crippen LogP contribution in [0.5, 0.6) is 0 Å². The first-order chi connectivity index (χ1) is 8.38. The molecule has 0 radical (unpaired) electrons. The average molecular weight is 252 g/mol. The van der Waals surface area contributed by atoms with Crippen LogP contribution in [0.15, 0.2) is 4.52 Å². The zero-order valence-electron chi connectivity index (χ0n) is 11.8. The van der Waals surface area contributed by atoms with E-state index in [-0.39, 0.29) is 0 Å². The van der Waals surface area contributed by atoms with Gasteiger partial charge in [0.1, 0.15) is 6.10 Å². The van der Waals surface area contributed by atoms with Crippen LogP contribution in [0.2, 0.25) is 0 Å². The van der Waals surface area contributed by atoms with E-state index in [0.717, 1.165) is 24.6 Å². The van der Waals surface area contributed by atoms with Gasteiger partial charge >= 0.3 is 0 Å². The Kier molecular flexibility index (Phi) is 3.76. The number of nitrogens with zero attached hydrogens (tertiary/aromatic N) is 2. The summed E-state index contributed by atoms with van der Waals surface area (Å²) in [4.78, 5) is 4.29. The molecular weight excluding hydrogens is 228 g/mol. The quantitative estimate of drug-likeness (QED) is 0.875. The third-order valence-electron chi connectivity index (χ3n) is 4.13. The van der Waals surface area contributed by atoms with Crippen molar-refractivity contribution in [2.45, 2.75) is 65.4 Å². The third kappa shape index (κ3) is 2.91.